The number of rotatable bonds is 1. The molecule has 0 heterocycles. The zero-order valence-corrected chi connectivity index (χ0v) is 6.89. The van der Waals surface area contributed by atoms with Crippen molar-refractivity contribution in [1.29, 1.82) is 5.41 Å². The van der Waals surface area contributed by atoms with E-state index in [1.165, 1.54) is 0 Å². The van der Waals surface area contributed by atoms with Crippen LogP contribution in [0.2, 0.25) is 0 Å². The Balaban J connectivity index is 2.85. The summed E-state index contributed by atoms with van der Waals surface area (Å²) in [5, 5.41) is 7.41. The van der Waals surface area contributed by atoms with E-state index in [4.69, 9.17) is 5.41 Å². The monoisotopic (exact) mass is 148 g/mol. The Kier molecular flexibility index (Phi) is 2.36. The molecule has 0 fully saturated rings. The maximum absolute atomic E-state index is 7.41. The highest BCUT2D eigenvalue weighted by molar-refractivity contribution is 6.19. The van der Waals surface area contributed by atoms with E-state index in [2.05, 4.69) is 4.99 Å². The molecule has 1 N–H and O–H groups in total. The van der Waals surface area contributed by atoms with Crippen LogP contribution in [0.5, 0.6) is 0 Å². The van der Waals surface area contributed by atoms with Crippen LogP contribution in [-0.2, 0) is 0 Å². The zero-order chi connectivity index (χ0) is 8.27. The van der Waals surface area contributed by atoms with Gasteiger partial charge in [0, 0.05) is 6.54 Å². The van der Waals surface area contributed by atoms with E-state index in [0.717, 1.165) is 17.8 Å². The second-order valence-corrected chi connectivity index (χ2v) is 2.47. The zero-order valence-electron chi connectivity index (χ0n) is 6.89. The summed E-state index contributed by atoms with van der Waals surface area (Å²) >= 11 is 0. The molecule has 0 amide bonds. The van der Waals surface area contributed by atoms with Crippen LogP contribution in [0.25, 0.3) is 0 Å². The van der Waals surface area contributed by atoms with E-state index in [-0.39, 0.29) is 0 Å². The number of nitrogens with one attached hydrogen (secondary N) is 1. The number of nitrogens with zero attached hydrogens (tertiary/aromatic N) is 1. The van der Waals surface area contributed by atoms with Crippen molar-refractivity contribution < 1.29 is 0 Å². The minimum atomic E-state index is 0.583. The van der Waals surface area contributed by atoms with E-state index >= 15 is 0 Å². The van der Waals surface area contributed by atoms with Gasteiger partial charge in [-0.2, -0.15) is 0 Å². The van der Waals surface area contributed by atoms with E-state index in [0.29, 0.717) is 5.71 Å². The lowest BCUT2D eigenvalue weighted by atomic mass is 10.0. The van der Waals surface area contributed by atoms with Crippen molar-refractivity contribution >= 4 is 11.4 Å². The minimum absolute atomic E-state index is 0.583. The first-order valence-electron chi connectivity index (χ1n) is 3.73. The molecule has 0 aromatic heterocycles. The molecule has 0 aromatic carbocycles. The van der Waals surface area contributed by atoms with Crippen LogP contribution in [-0.4, -0.2) is 18.0 Å². The van der Waals surface area contributed by atoms with Gasteiger partial charge in [-0.25, -0.2) is 0 Å². The van der Waals surface area contributed by atoms with Crippen LogP contribution >= 0.6 is 0 Å². The summed E-state index contributed by atoms with van der Waals surface area (Å²) in [6.07, 6.45) is 5.59. The lowest BCUT2D eigenvalue weighted by molar-refractivity contribution is 1.13. The first kappa shape index (κ1) is 7.92. The van der Waals surface area contributed by atoms with E-state index in [1.807, 2.05) is 26.0 Å². The molecule has 0 saturated heterocycles. The molecule has 0 aliphatic heterocycles. The Hall–Kier alpha value is -1.18. The highest BCUT2D eigenvalue weighted by Crippen LogP contribution is 2.04. The van der Waals surface area contributed by atoms with Crippen molar-refractivity contribution in [2.24, 2.45) is 4.99 Å². The van der Waals surface area contributed by atoms with Gasteiger partial charge in [-0.15, -0.1) is 0 Å². The fraction of sp³-hybridized carbons (Fsp3) is 0.333. The SMILES string of the molecule is CCN=C1C=CC(=N)C(C)=C1. The molecule has 1 rings (SSSR count). The average Bonchev–Trinajstić information content (AvgIpc) is 1.98. The van der Waals surface area contributed by atoms with Gasteiger partial charge in [0.2, 0.25) is 0 Å². The first-order chi connectivity index (χ1) is 5.24. The fourth-order valence-corrected chi connectivity index (χ4v) is 0.929. The lowest BCUT2D eigenvalue weighted by Crippen LogP contribution is -2.04. The number of hydrogen-bond acceptors (Lipinski definition) is 2. The lowest BCUT2D eigenvalue weighted by Gasteiger charge is -2.04. The summed E-state index contributed by atoms with van der Waals surface area (Å²) in [6, 6.07) is 0. The molecule has 2 nitrogen and oxygen atoms in total. The maximum Gasteiger partial charge on any atom is 0.0578 e. The summed E-state index contributed by atoms with van der Waals surface area (Å²) in [5.41, 5.74) is 2.54. The highest BCUT2D eigenvalue weighted by Gasteiger charge is 2.02. The second kappa shape index (κ2) is 3.28. The average molecular weight is 148 g/mol. The van der Waals surface area contributed by atoms with E-state index < -0.39 is 0 Å². The Labute approximate surface area is 66.9 Å². The van der Waals surface area contributed by atoms with Crippen LogP contribution in [0.4, 0.5) is 0 Å². The summed E-state index contributed by atoms with van der Waals surface area (Å²) in [6.45, 7) is 4.73. The molecule has 0 bridgehead atoms. The van der Waals surface area contributed by atoms with Crippen LogP contribution in [0.3, 0.4) is 0 Å². The molecular formula is C9H12N2. The van der Waals surface area contributed by atoms with Crippen molar-refractivity contribution in [3.05, 3.63) is 23.8 Å². The topological polar surface area (TPSA) is 36.2 Å². The predicted molar refractivity (Wildman–Crippen MR) is 48.6 cm³/mol. The molecule has 0 aromatic rings. The first-order valence-corrected chi connectivity index (χ1v) is 3.73. The smallest absolute Gasteiger partial charge is 0.0578 e. The van der Waals surface area contributed by atoms with Gasteiger partial charge in [0.05, 0.1) is 11.4 Å². The van der Waals surface area contributed by atoms with Crippen LogP contribution < -0.4 is 0 Å². The molecule has 58 valence electrons. The van der Waals surface area contributed by atoms with Crippen molar-refractivity contribution in [3.63, 3.8) is 0 Å². The molecule has 11 heavy (non-hydrogen) atoms. The summed E-state index contributed by atoms with van der Waals surface area (Å²) in [5.74, 6) is 0. The quantitative estimate of drug-likeness (QED) is 0.552. The van der Waals surface area contributed by atoms with Gasteiger partial charge in [-0.05, 0) is 37.6 Å². The number of hydrogen-bond donors (Lipinski definition) is 1. The van der Waals surface area contributed by atoms with Crippen molar-refractivity contribution in [1.82, 2.24) is 0 Å². The van der Waals surface area contributed by atoms with Gasteiger partial charge in [-0.3, -0.25) is 4.99 Å². The molecule has 0 radical (unpaired) electrons. The summed E-state index contributed by atoms with van der Waals surface area (Å²) in [7, 11) is 0. The largest absolute Gasteiger partial charge is 0.301 e. The predicted octanol–water partition coefficient (Wildman–Crippen LogP) is 1.98. The highest BCUT2D eigenvalue weighted by atomic mass is 14.7. The molecule has 2 heteroatoms. The minimum Gasteiger partial charge on any atom is -0.301 e. The van der Waals surface area contributed by atoms with Crippen molar-refractivity contribution in [2.75, 3.05) is 6.54 Å². The summed E-state index contributed by atoms with van der Waals surface area (Å²) in [4.78, 5) is 4.23. The summed E-state index contributed by atoms with van der Waals surface area (Å²) < 4.78 is 0. The Morgan fingerprint density at radius 3 is 2.73 bits per heavy atom. The van der Waals surface area contributed by atoms with E-state index in [9.17, 15) is 0 Å². The van der Waals surface area contributed by atoms with Gasteiger partial charge >= 0.3 is 0 Å². The third kappa shape index (κ3) is 1.87. The van der Waals surface area contributed by atoms with Gasteiger partial charge in [0.1, 0.15) is 0 Å². The third-order valence-electron chi connectivity index (χ3n) is 1.55. The van der Waals surface area contributed by atoms with Crippen molar-refractivity contribution in [2.45, 2.75) is 13.8 Å². The molecule has 0 unspecified atom stereocenters. The standard InChI is InChI=1S/C9H12N2/c1-3-11-8-4-5-9(10)7(2)6-8/h4-6,10H,3H2,1-2H3. The van der Waals surface area contributed by atoms with Gasteiger partial charge in [-0.1, -0.05) is 0 Å². The maximum atomic E-state index is 7.41. The normalized spacial score (nSPS) is 20.7. The van der Waals surface area contributed by atoms with Crippen molar-refractivity contribution in [3.8, 4) is 0 Å². The van der Waals surface area contributed by atoms with Crippen LogP contribution in [0.1, 0.15) is 13.8 Å². The Bertz CT molecular complexity index is 257. The number of allylic oxidation sites excluding steroid dienone is 4. The molecule has 0 saturated carbocycles. The van der Waals surface area contributed by atoms with Gasteiger partial charge < -0.3 is 5.41 Å². The van der Waals surface area contributed by atoms with Gasteiger partial charge in [0.15, 0.2) is 0 Å². The van der Waals surface area contributed by atoms with E-state index in [1.54, 1.807) is 6.08 Å². The Morgan fingerprint density at radius 2 is 2.18 bits per heavy atom. The molecule has 0 spiro atoms. The fourth-order valence-electron chi connectivity index (χ4n) is 0.929. The van der Waals surface area contributed by atoms with Gasteiger partial charge in [0.25, 0.3) is 0 Å². The van der Waals surface area contributed by atoms with Crippen LogP contribution in [0.15, 0.2) is 28.8 Å². The molecular weight excluding hydrogens is 136 g/mol. The molecule has 0 atom stereocenters. The molecule has 1 aliphatic carbocycles. The molecule has 1 aliphatic rings. The third-order valence-corrected chi connectivity index (χ3v) is 1.55. The van der Waals surface area contributed by atoms with Crippen LogP contribution in [0, 0.1) is 5.41 Å². The Morgan fingerprint density at radius 1 is 1.45 bits per heavy atom. The second-order valence-electron chi connectivity index (χ2n) is 2.47. The number of aliphatic imine (C=N–C) groups is 1.